The van der Waals surface area contributed by atoms with Crippen molar-refractivity contribution in [2.24, 2.45) is 5.92 Å². The van der Waals surface area contributed by atoms with E-state index in [2.05, 4.69) is 5.32 Å². The lowest BCUT2D eigenvalue weighted by molar-refractivity contribution is 0.322. The summed E-state index contributed by atoms with van der Waals surface area (Å²) in [4.78, 5) is 0.951. The third-order valence-electron chi connectivity index (χ3n) is 3.47. The zero-order valence-electron chi connectivity index (χ0n) is 12.6. The number of hydrogen-bond acceptors (Lipinski definition) is 3. The molecule has 3 rings (SSSR count). The Morgan fingerprint density at radius 3 is 2.52 bits per heavy atom. The molecule has 1 saturated carbocycles. The molecule has 23 heavy (non-hydrogen) atoms. The summed E-state index contributed by atoms with van der Waals surface area (Å²) in [5.41, 5.74) is 0. The Morgan fingerprint density at radius 1 is 1.09 bits per heavy atom. The molecule has 0 heterocycles. The quantitative estimate of drug-likeness (QED) is 0.604. The monoisotopic (exact) mass is 331 g/mol. The molecule has 0 amide bonds. The van der Waals surface area contributed by atoms with Crippen molar-refractivity contribution in [2.75, 3.05) is 13.2 Å². The number of ether oxygens (including phenoxy) is 2. The van der Waals surface area contributed by atoms with Gasteiger partial charge >= 0.3 is 0 Å². The van der Waals surface area contributed by atoms with Gasteiger partial charge in [-0.15, -0.1) is 0 Å². The highest BCUT2D eigenvalue weighted by Crippen LogP contribution is 2.29. The van der Waals surface area contributed by atoms with Gasteiger partial charge in [0.15, 0.2) is 0 Å². The lowest BCUT2D eigenvalue weighted by Crippen LogP contribution is -2.27. The Kier molecular flexibility index (Phi) is 5.08. The zero-order valence-corrected chi connectivity index (χ0v) is 13.4. The highest BCUT2D eigenvalue weighted by atomic mass is 32.1. The molecule has 0 atom stereocenters. The summed E-state index contributed by atoms with van der Waals surface area (Å²) in [6, 6.07) is 13.3. The molecule has 0 spiro atoms. The van der Waals surface area contributed by atoms with Gasteiger partial charge in [0.2, 0.25) is 0 Å². The molecule has 0 saturated heterocycles. The maximum Gasteiger partial charge on any atom is 0.130 e. The predicted molar refractivity (Wildman–Crippen MR) is 91.7 cm³/mol. The average Bonchev–Trinajstić information content (AvgIpc) is 3.38. The Labute approximate surface area is 140 Å². The predicted octanol–water partition coefficient (Wildman–Crippen LogP) is 4.32. The maximum absolute atomic E-state index is 13.1. The SMILES string of the molecule is Fc1cccc(Oc2ccc(OCCNC(=S)C3CC3)cc2)c1. The van der Waals surface area contributed by atoms with Gasteiger partial charge < -0.3 is 14.8 Å². The minimum absolute atomic E-state index is 0.320. The topological polar surface area (TPSA) is 30.5 Å². The van der Waals surface area contributed by atoms with Crippen LogP contribution < -0.4 is 14.8 Å². The van der Waals surface area contributed by atoms with E-state index in [1.807, 2.05) is 12.1 Å². The Balaban J connectivity index is 1.44. The van der Waals surface area contributed by atoms with Crippen LogP contribution in [0.4, 0.5) is 4.39 Å². The van der Waals surface area contributed by atoms with Crippen LogP contribution >= 0.6 is 12.2 Å². The first kappa shape index (κ1) is 15.7. The van der Waals surface area contributed by atoms with Gasteiger partial charge in [-0.25, -0.2) is 4.39 Å². The fraction of sp³-hybridized carbons (Fsp3) is 0.278. The van der Waals surface area contributed by atoms with Gasteiger partial charge in [-0.05, 0) is 49.2 Å². The minimum Gasteiger partial charge on any atom is -0.492 e. The Hall–Kier alpha value is -2.14. The van der Waals surface area contributed by atoms with Crippen molar-refractivity contribution < 1.29 is 13.9 Å². The lowest BCUT2D eigenvalue weighted by atomic mass is 10.3. The van der Waals surface area contributed by atoms with E-state index >= 15 is 0 Å². The van der Waals surface area contributed by atoms with Crippen molar-refractivity contribution >= 4 is 17.2 Å². The molecule has 120 valence electrons. The van der Waals surface area contributed by atoms with Crippen LogP contribution in [0.15, 0.2) is 48.5 Å². The molecule has 0 radical (unpaired) electrons. The third-order valence-corrected chi connectivity index (χ3v) is 3.95. The number of halogens is 1. The molecule has 0 bridgehead atoms. The first-order valence-corrected chi connectivity index (χ1v) is 8.05. The molecule has 0 unspecified atom stereocenters. The van der Waals surface area contributed by atoms with Crippen LogP contribution in [0.25, 0.3) is 0 Å². The van der Waals surface area contributed by atoms with Crippen LogP contribution in [0, 0.1) is 11.7 Å². The molecule has 2 aromatic rings. The normalized spacial score (nSPS) is 13.4. The van der Waals surface area contributed by atoms with Gasteiger partial charge in [-0.2, -0.15) is 0 Å². The number of nitrogens with one attached hydrogen (secondary N) is 1. The van der Waals surface area contributed by atoms with E-state index in [1.54, 1.807) is 24.3 Å². The van der Waals surface area contributed by atoms with Crippen molar-refractivity contribution in [3.05, 3.63) is 54.3 Å². The van der Waals surface area contributed by atoms with Crippen LogP contribution in [0.2, 0.25) is 0 Å². The molecule has 1 aliphatic rings. The van der Waals surface area contributed by atoms with E-state index in [0.717, 1.165) is 10.7 Å². The van der Waals surface area contributed by atoms with Crippen molar-refractivity contribution in [3.8, 4) is 17.2 Å². The number of thiocarbonyl (C=S) groups is 1. The van der Waals surface area contributed by atoms with E-state index in [0.29, 0.717) is 30.6 Å². The average molecular weight is 331 g/mol. The van der Waals surface area contributed by atoms with Crippen molar-refractivity contribution in [2.45, 2.75) is 12.8 Å². The van der Waals surface area contributed by atoms with E-state index in [9.17, 15) is 4.39 Å². The molecule has 0 aliphatic heterocycles. The van der Waals surface area contributed by atoms with E-state index in [4.69, 9.17) is 21.7 Å². The molecule has 1 fully saturated rings. The maximum atomic E-state index is 13.1. The van der Waals surface area contributed by atoms with Gasteiger partial charge in [0, 0.05) is 18.5 Å². The summed E-state index contributed by atoms with van der Waals surface area (Å²) in [6.07, 6.45) is 2.42. The summed E-state index contributed by atoms with van der Waals surface area (Å²) < 4.78 is 24.3. The van der Waals surface area contributed by atoms with E-state index < -0.39 is 0 Å². The van der Waals surface area contributed by atoms with Crippen LogP contribution in [0.3, 0.4) is 0 Å². The molecular weight excluding hydrogens is 313 g/mol. The van der Waals surface area contributed by atoms with Gasteiger partial charge in [-0.3, -0.25) is 0 Å². The smallest absolute Gasteiger partial charge is 0.130 e. The lowest BCUT2D eigenvalue weighted by Gasteiger charge is -2.10. The largest absolute Gasteiger partial charge is 0.492 e. The van der Waals surface area contributed by atoms with Gasteiger partial charge in [0.05, 0.1) is 4.99 Å². The second-order valence-electron chi connectivity index (χ2n) is 5.44. The van der Waals surface area contributed by atoms with Gasteiger partial charge in [0.25, 0.3) is 0 Å². The van der Waals surface area contributed by atoms with Crippen LogP contribution in [-0.2, 0) is 0 Å². The molecule has 3 nitrogen and oxygen atoms in total. The number of benzene rings is 2. The summed E-state index contributed by atoms with van der Waals surface area (Å²) in [7, 11) is 0. The van der Waals surface area contributed by atoms with Gasteiger partial charge in [-0.1, -0.05) is 18.3 Å². The molecule has 1 N–H and O–H groups in total. The van der Waals surface area contributed by atoms with E-state index in [1.165, 1.54) is 25.0 Å². The molecule has 0 aromatic heterocycles. The Bertz CT molecular complexity index is 671. The Morgan fingerprint density at radius 2 is 1.83 bits per heavy atom. The van der Waals surface area contributed by atoms with Crippen molar-refractivity contribution in [1.29, 1.82) is 0 Å². The van der Waals surface area contributed by atoms with Crippen molar-refractivity contribution in [3.63, 3.8) is 0 Å². The number of hydrogen-bond donors (Lipinski definition) is 1. The highest BCUT2D eigenvalue weighted by Gasteiger charge is 2.25. The molecule has 5 heteroatoms. The van der Waals surface area contributed by atoms with Crippen LogP contribution in [0.1, 0.15) is 12.8 Å². The van der Waals surface area contributed by atoms with Crippen LogP contribution in [-0.4, -0.2) is 18.1 Å². The molecule has 1 aliphatic carbocycles. The summed E-state index contributed by atoms with van der Waals surface area (Å²) in [5, 5.41) is 3.21. The minimum atomic E-state index is -0.320. The highest BCUT2D eigenvalue weighted by molar-refractivity contribution is 7.80. The fourth-order valence-electron chi connectivity index (χ4n) is 2.10. The van der Waals surface area contributed by atoms with Crippen molar-refractivity contribution in [1.82, 2.24) is 5.32 Å². The molecular formula is C18H18FNO2S. The standard InChI is InChI=1S/C18H18FNO2S/c19-14-2-1-3-17(12-14)22-16-8-6-15(7-9-16)21-11-10-20-18(23)13-4-5-13/h1-3,6-9,12-13H,4-5,10-11H2,(H,20,23). The second kappa shape index (κ2) is 7.42. The first-order valence-electron chi connectivity index (χ1n) is 7.65. The van der Waals surface area contributed by atoms with E-state index in [-0.39, 0.29) is 5.82 Å². The fourth-order valence-corrected chi connectivity index (χ4v) is 2.44. The summed E-state index contributed by atoms with van der Waals surface area (Å²) in [6.45, 7) is 1.26. The third kappa shape index (κ3) is 4.93. The van der Waals surface area contributed by atoms with Gasteiger partial charge in [0.1, 0.15) is 29.7 Å². The molecule has 2 aromatic carbocycles. The summed E-state index contributed by atoms with van der Waals surface area (Å²) in [5.74, 6) is 2.13. The number of rotatable bonds is 7. The zero-order chi connectivity index (χ0) is 16.1. The second-order valence-corrected chi connectivity index (χ2v) is 5.88. The van der Waals surface area contributed by atoms with Crippen LogP contribution in [0.5, 0.6) is 17.2 Å². The first-order chi connectivity index (χ1) is 11.2. The summed E-state index contributed by atoms with van der Waals surface area (Å²) >= 11 is 5.25.